The fourth-order valence-corrected chi connectivity index (χ4v) is 1.63. The van der Waals surface area contributed by atoms with Crippen LogP contribution in [0, 0.1) is 0 Å². The van der Waals surface area contributed by atoms with Gasteiger partial charge in [0.15, 0.2) is 0 Å². The number of nitrogens with one attached hydrogen (secondary N) is 2. The second kappa shape index (κ2) is 9.98. The molecule has 0 aromatic heterocycles. The van der Waals surface area contributed by atoms with Crippen LogP contribution in [0.25, 0.3) is 0 Å². The van der Waals surface area contributed by atoms with Crippen LogP contribution in [0.3, 0.4) is 0 Å². The Morgan fingerprint density at radius 1 is 1.29 bits per heavy atom. The molecule has 0 aliphatic carbocycles. The van der Waals surface area contributed by atoms with Gasteiger partial charge in [-0.1, -0.05) is 0 Å². The van der Waals surface area contributed by atoms with Gasteiger partial charge in [-0.05, 0) is 26.7 Å². The number of amides is 3. The maximum Gasteiger partial charge on any atom is 0.326 e. The van der Waals surface area contributed by atoms with Crippen LogP contribution >= 0.6 is 0 Å². The van der Waals surface area contributed by atoms with Gasteiger partial charge in [-0.3, -0.25) is 4.79 Å². The summed E-state index contributed by atoms with van der Waals surface area (Å²) in [5.41, 5.74) is 0. The molecule has 0 aromatic carbocycles. The molecule has 2 unspecified atom stereocenters. The van der Waals surface area contributed by atoms with Crippen LogP contribution in [0.2, 0.25) is 0 Å². The normalized spacial score (nSPS) is 13.1. The minimum atomic E-state index is -1.12. The minimum Gasteiger partial charge on any atom is -0.480 e. The van der Waals surface area contributed by atoms with Crippen molar-refractivity contribution < 1.29 is 24.2 Å². The minimum absolute atomic E-state index is 0.237. The summed E-state index contributed by atoms with van der Waals surface area (Å²) < 4.78 is 4.84. The Balaban J connectivity index is 4.36. The molecular formula is C13H25N3O5. The topological polar surface area (TPSA) is 108 Å². The predicted octanol–water partition coefficient (Wildman–Crippen LogP) is 0.0322. The Bertz CT molecular complexity index is 362. The van der Waals surface area contributed by atoms with E-state index in [0.717, 1.165) is 0 Å². The van der Waals surface area contributed by atoms with E-state index in [-0.39, 0.29) is 12.3 Å². The van der Waals surface area contributed by atoms with Crippen molar-refractivity contribution in [2.45, 2.75) is 38.8 Å². The van der Waals surface area contributed by atoms with Gasteiger partial charge in [0.1, 0.15) is 12.1 Å². The predicted molar refractivity (Wildman–Crippen MR) is 77.0 cm³/mol. The quantitative estimate of drug-likeness (QED) is 0.521. The summed E-state index contributed by atoms with van der Waals surface area (Å²) in [6, 6.07) is -2.40. The van der Waals surface area contributed by atoms with Crippen molar-refractivity contribution in [3.05, 3.63) is 0 Å². The van der Waals surface area contributed by atoms with Crippen molar-refractivity contribution in [2.75, 3.05) is 27.3 Å². The van der Waals surface area contributed by atoms with Gasteiger partial charge in [-0.25, -0.2) is 9.59 Å². The van der Waals surface area contributed by atoms with Gasteiger partial charge in [0.2, 0.25) is 5.91 Å². The number of hydrogen-bond acceptors (Lipinski definition) is 4. The standard InChI is InChI=1S/C13H25N3O5/c1-5-16(3)11(17)9(2)14-13(20)15-10(12(18)19)7-6-8-21-4/h9-10H,5-8H2,1-4H3,(H,18,19)(H2,14,15,20). The highest BCUT2D eigenvalue weighted by molar-refractivity contribution is 5.88. The molecule has 2 atom stereocenters. The summed E-state index contributed by atoms with van der Waals surface area (Å²) in [7, 11) is 3.15. The smallest absolute Gasteiger partial charge is 0.326 e. The van der Waals surface area contributed by atoms with Crippen molar-refractivity contribution in [2.24, 2.45) is 0 Å². The van der Waals surface area contributed by atoms with Crippen molar-refractivity contribution in [1.29, 1.82) is 0 Å². The first-order valence-corrected chi connectivity index (χ1v) is 6.87. The maximum atomic E-state index is 11.8. The number of hydrogen-bond donors (Lipinski definition) is 3. The van der Waals surface area contributed by atoms with E-state index in [1.54, 1.807) is 14.0 Å². The molecule has 0 aliphatic heterocycles. The Morgan fingerprint density at radius 2 is 1.90 bits per heavy atom. The second-order valence-electron chi connectivity index (χ2n) is 4.72. The summed E-state index contributed by atoms with van der Waals surface area (Å²) in [6.45, 7) is 4.32. The lowest BCUT2D eigenvalue weighted by Gasteiger charge is -2.22. The average molecular weight is 303 g/mol. The first-order valence-electron chi connectivity index (χ1n) is 6.87. The van der Waals surface area contributed by atoms with Crippen LogP contribution in [0.4, 0.5) is 4.79 Å². The molecule has 8 nitrogen and oxygen atoms in total. The van der Waals surface area contributed by atoms with E-state index < -0.39 is 24.1 Å². The largest absolute Gasteiger partial charge is 0.480 e. The van der Waals surface area contributed by atoms with Gasteiger partial charge >= 0.3 is 12.0 Å². The van der Waals surface area contributed by atoms with Gasteiger partial charge in [0.25, 0.3) is 0 Å². The third-order valence-corrected chi connectivity index (χ3v) is 3.01. The number of methoxy groups -OCH3 is 1. The van der Waals surface area contributed by atoms with Crippen molar-refractivity contribution in [3.8, 4) is 0 Å². The molecule has 8 heteroatoms. The molecule has 3 N–H and O–H groups in total. The first-order chi connectivity index (χ1) is 9.83. The molecule has 0 radical (unpaired) electrons. The molecule has 0 heterocycles. The average Bonchev–Trinajstić information content (AvgIpc) is 2.44. The van der Waals surface area contributed by atoms with E-state index in [1.165, 1.54) is 12.0 Å². The monoisotopic (exact) mass is 303 g/mol. The number of nitrogens with zero attached hydrogens (tertiary/aromatic N) is 1. The van der Waals surface area contributed by atoms with Gasteiger partial charge in [0, 0.05) is 27.3 Å². The third-order valence-electron chi connectivity index (χ3n) is 3.01. The molecule has 3 amide bonds. The molecule has 0 spiro atoms. The van der Waals surface area contributed by atoms with E-state index >= 15 is 0 Å². The van der Waals surface area contributed by atoms with E-state index in [9.17, 15) is 14.4 Å². The fourth-order valence-electron chi connectivity index (χ4n) is 1.63. The van der Waals surface area contributed by atoms with Crippen LogP contribution in [0.1, 0.15) is 26.7 Å². The number of ether oxygens (including phenoxy) is 1. The fraction of sp³-hybridized carbons (Fsp3) is 0.769. The Labute approximate surface area is 124 Å². The first kappa shape index (κ1) is 19.2. The van der Waals surface area contributed by atoms with Gasteiger partial charge < -0.3 is 25.4 Å². The Kier molecular flexibility index (Phi) is 9.11. The highest BCUT2D eigenvalue weighted by Crippen LogP contribution is 1.99. The number of carboxylic acid groups (broad SMARTS) is 1. The Hall–Kier alpha value is -1.83. The lowest BCUT2D eigenvalue weighted by atomic mass is 10.1. The van der Waals surface area contributed by atoms with E-state index in [0.29, 0.717) is 19.6 Å². The van der Waals surface area contributed by atoms with Crippen LogP contribution < -0.4 is 10.6 Å². The molecule has 0 aromatic rings. The molecule has 0 saturated heterocycles. The number of rotatable bonds is 9. The maximum absolute atomic E-state index is 11.8. The number of carbonyl (C=O) groups excluding carboxylic acids is 2. The SMILES string of the molecule is CCN(C)C(=O)C(C)NC(=O)NC(CCCOC)C(=O)O. The summed E-state index contributed by atoms with van der Waals surface area (Å²) >= 11 is 0. The highest BCUT2D eigenvalue weighted by atomic mass is 16.5. The van der Waals surface area contributed by atoms with E-state index in [1.807, 2.05) is 6.92 Å². The Morgan fingerprint density at radius 3 is 2.38 bits per heavy atom. The van der Waals surface area contributed by atoms with Crippen LogP contribution in [0.5, 0.6) is 0 Å². The van der Waals surface area contributed by atoms with Crippen LogP contribution in [-0.2, 0) is 14.3 Å². The summed E-state index contributed by atoms with van der Waals surface area (Å²) in [4.78, 5) is 36.0. The van der Waals surface area contributed by atoms with Crippen molar-refractivity contribution in [1.82, 2.24) is 15.5 Å². The van der Waals surface area contributed by atoms with Gasteiger partial charge in [-0.2, -0.15) is 0 Å². The number of carboxylic acids is 1. The second-order valence-corrected chi connectivity index (χ2v) is 4.72. The zero-order valence-corrected chi connectivity index (χ0v) is 13.0. The summed E-state index contributed by atoms with van der Waals surface area (Å²) in [5.74, 6) is -1.36. The lowest BCUT2D eigenvalue weighted by Crippen LogP contribution is -2.52. The molecule has 122 valence electrons. The summed E-state index contributed by atoms with van der Waals surface area (Å²) in [6.07, 6.45) is 0.772. The molecule has 0 aliphatic rings. The zero-order chi connectivity index (χ0) is 16.4. The molecule has 0 bridgehead atoms. The number of aliphatic carboxylic acids is 1. The molecule has 0 saturated carbocycles. The molecule has 21 heavy (non-hydrogen) atoms. The highest BCUT2D eigenvalue weighted by Gasteiger charge is 2.23. The van der Waals surface area contributed by atoms with Gasteiger partial charge in [-0.15, -0.1) is 0 Å². The number of likely N-dealkylation sites (N-methyl/N-ethyl adjacent to an activating group) is 1. The number of carbonyl (C=O) groups is 3. The van der Waals surface area contributed by atoms with E-state index in [2.05, 4.69) is 10.6 Å². The van der Waals surface area contributed by atoms with Crippen LogP contribution in [0.15, 0.2) is 0 Å². The van der Waals surface area contributed by atoms with E-state index in [4.69, 9.17) is 9.84 Å². The van der Waals surface area contributed by atoms with Crippen LogP contribution in [-0.4, -0.2) is 67.3 Å². The lowest BCUT2D eigenvalue weighted by molar-refractivity contribution is -0.139. The summed E-state index contributed by atoms with van der Waals surface area (Å²) in [5, 5.41) is 13.8. The number of urea groups is 1. The molecule has 0 rings (SSSR count). The molecule has 0 fully saturated rings. The van der Waals surface area contributed by atoms with Gasteiger partial charge in [0.05, 0.1) is 0 Å². The zero-order valence-electron chi connectivity index (χ0n) is 13.0. The van der Waals surface area contributed by atoms with Crippen molar-refractivity contribution >= 4 is 17.9 Å². The third kappa shape index (κ3) is 7.50. The molecular weight excluding hydrogens is 278 g/mol. The van der Waals surface area contributed by atoms with Crippen molar-refractivity contribution in [3.63, 3.8) is 0 Å².